The first-order chi connectivity index (χ1) is 8.23. The Hall–Kier alpha value is -1.61. The van der Waals surface area contributed by atoms with Gasteiger partial charge in [-0.2, -0.15) is 0 Å². The van der Waals surface area contributed by atoms with Crippen LogP contribution in [-0.2, 0) is 4.79 Å². The smallest absolute Gasteiger partial charge is 0.324 e. The molecule has 0 amide bonds. The quantitative estimate of drug-likeness (QED) is 0.836. The van der Waals surface area contributed by atoms with E-state index in [4.69, 9.17) is 0 Å². The van der Waals surface area contributed by atoms with Crippen molar-refractivity contribution in [2.45, 2.75) is 24.8 Å². The monoisotopic (exact) mass is 231 g/mol. The lowest BCUT2D eigenvalue weighted by atomic mass is 9.93. The summed E-state index contributed by atoms with van der Waals surface area (Å²) in [6.45, 7) is 0.797. The van der Waals surface area contributed by atoms with E-state index >= 15 is 0 Å². The number of aliphatic carboxylic acids is 1. The van der Waals surface area contributed by atoms with Crippen LogP contribution in [0.5, 0.6) is 0 Å². The van der Waals surface area contributed by atoms with Crippen LogP contribution >= 0.6 is 0 Å². The molecule has 1 fully saturated rings. The Morgan fingerprint density at radius 3 is 2.76 bits per heavy atom. The van der Waals surface area contributed by atoms with Crippen molar-refractivity contribution in [2.75, 3.05) is 6.54 Å². The second kappa shape index (κ2) is 5.15. The van der Waals surface area contributed by atoms with E-state index in [1.165, 1.54) is 0 Å². The molecule has 1 aliphatic rings. The summed E-state index contributed by atoms with van der Waals surface area (Å²) in [4.78, 5) is 11.3. The topological polar surface area (TPSA) is 49.3 Å². The highest BCUT2D eigenvalue weighted by Gasteiger charge is 2.39. The lowest BCUT2D eigenvalue weighted by Crippen LogP contribution is -2.47. The van der Waals surface area contributed by atoms with Gasteiger partial charge in [-0.25, -0.2) is 0 Å². The molecule has 1 aromatic carbocycles. The Balaban J connectivity index is 2.01. The second-order valence-corrected chi connectivity index (χ2v) is 4.43. The summed E-state index contributed by atoms with van der Waals surface area (Å²) in [6, 6.07) is 9.92. The molecule has 1 aromatic rings. The first-order valence-electron chi connectivity index (χ1n) is 5.93. The predicted octanol–water partition coefficient (Wildman–Crippen LogP) is 2.30. The minimum atomic E-state index is -0.745. The third-order valence-electron chi connectivity index (χ3n) is 3.23. The van der Waals surface area contributed by atoms with Crippen molar-refractivity contribution in [1.82, 2.24) is 5.32 Å². The molecule has 1 atom stereocenters. The molecule has 1 saturated heterocycles. The summed E-state index contributed by atoms with van der Waals surface area (Å²) in [7, 11) is 0. The highest BCUT2D eigenvalue weighted by Crippen LogP contribution is 2.24. The molecule has 0 aromatic heterocycles. The number of hydrogen-bond acceptors (Lipinski definition) is 2. The summed E-state index contributed by atoms with van der Waals surface area (Å²) in [5, 5.41) is 12.4. The van der Waals surface area contributed by atoms with Crippen LogP contribution in [0.3, 0.4) is 0 Å². The molecule has 0 radical (unpaired) electrons. The zero-order chi connectivity index (χ0) is 12.1. The molecule has 17 heavy (non-hydrogen) atoms. The van der Waals surface area contributed by atoms with Crippen molar-refractivity contribution in [3.8, 4) is 0 Å². The van der Waals surface area contributed by atoms with E-state index < -0.39 is 11.5 Å². The van der Waals surface area contributed by atoms with Crippen molar-refractivity contribution in [2.24, 2.45) is 0 Å². The summed E-state index contributed by atoms with van der Waals surface area (Å²) >= 11 is 0. The molecule has 1 aliphatic heterocycles. The molecule has 0 bridgehead atoms. The maximum atomic E-state index is 11.3. The van der Waals surface area contributed by atoms with Gasteiger partial charge >= 0.3 is 5.97 Å². The Morgan fingerprint density at radius 1 is 1.41 bits per heavy atom. The van der Waals surface area contributed by atoms with Gasteiger partial charge in [0, 0.05) is 0 Å². The lowest BCUT2D eigenvalue weighted by Gasteiger charge is -2.22. The van der Waals surface area contributed by atoms with Gasteiger partial charge < -0.3 is 10.4 Å². The number of benzene rings is 1. The first-order valence-corrected chi connectivity index (χ1v) is 5.93. The SMILES string of the molecule is O=C(O)C1(CC=Cc2ccccc2)CCCN1. The average Bonchev–Trinajstić information content (AvgIpc) is 2.80. The molecular formula is C14H17NO2. The molecule has 1 unspecified atom stereocenters. The summed E-state index contributed by atoms with van der Waals surface area (Å²) in [5.74, 6) is -0.743. The summed E-state index contributed by atoms with van der Waals surface area (Å²) in [5.41, 5.74) is 0.358. The predicted molar refractivity (Wildman–Crippen MR) is 67.7 cm³/mol. The Morgan fingerprint density at radius 2 is 2.18 bits per heavy atom. The molecule has 0 saturated carbocycles. The number of rotatable bonds is 4. The largest absolute Gasteiger partial charge is 0.480 e. The Kier molecular flexibility index (Phi) is 3.59. The number of carboxylic acid groups (broad SMARTS) is 1. The van der Waals surface area contributed by atoms with E-state index in [0.29, 0.717) is 12.8 Å². The molecule has 3 nitrogen and oxygen atoms in total. The minimum Gasteiger partial charge on any atom is -0.480 e. The third kappa shape index (κ3) is 2.74. The van der Waals surface area contributed by atoms with Crippen LogP contribution in [0, 0.1) is 0 Å². The van der Waals surface area contributed by atoms with Gasteiger partial charge in [-0.05, 0) is 31.4 Å². The van der Waals surface area contributed by atoms with Crippen LogP contribution in [0.2, 0.25) is 0 Å². The fraction of sp³-hybridized carbons (Fsp3) is 0.357. The standard InChI is InChI=1S/C14H17NO2/c16-13(17)14(10-5-11-15-14)9-4-8-12-6-2-1-3-7-12/h1-4,6-8,15H,5,9-11H2,(H,16,17). The van der Waals surface area contributed by atoms with Crippen LogP contribution in [0.1, 0.15) is 24.8 Å². The van der Waals surface area contributed by atoms with Crippen LogP contribution in [0.4, 0.5) is 0 Å². The number of carboxylic acids is 1. The number of hydrogen-bond donors (Lipinski definition) is 2. The second-order valence-electron chi connectivity index (χ2n) is 4.43. The lowest BCUT2D eigenvalue weighted by molar-refractivity contribution is -0.144. The molecule has 90 valence electrons. The van der Waals surface area contributed by atoms with Gasteiger partial charge in [-0.15, -0.1) is 0 Å². The summed E-state index contributed by atoms with van der Waals surface area (Å²) in [6.07, 6.45) is 6.11. The van der Waals surface area contributed by atoms with Crippen molar-refractivity contribution in [3.63, 3.8) is 0 Å². The third-order valence-corrected chi connectivity index (χ3v) is 3.23. The van der Waals surface area contributed by atoms with Crippen molar-refractivity contribution in [3.05, 3.63) is 42.0 Å². The number of carbonyl (C=O) groups is 1. The fourth-order valence-corrected chi connectivity index (χ4v) is 2.21. The van der Waals surface area contributed by atoms with Gasteiger partial charge in [0.25, 0.3) is 0 Å². The highest BCUT2D eigenvalue weighted by atomic mass is 16.4. The van der Waals surface area contributed by atoms with E-state index in [0.717, 1.165) is 18.5 Å². The van der Waals surface area contributed by atoms with Gasteiger partial charge in [0.1, 0.15) is 5.54 Å². The van der Waals surface area contributed by atoms with Crippen molar-refractivity contribution >= 4 is 12.0 Å². The van der Waals surface area contributed by atoms with Gasteiger partial charge in [-0.3, -0.25) is 4.79 Å². The number of nitrogens with one attached hydrogen (secondary N) is 1. The van der Waals surface area contributed by atoms with E-state index in [1.54, 1.807) is 0 Å². The highest BCUT2D eigenvalue weighted by molar-refractivity contribution is 5.79. The zero-order valence-corrected chi connectivity index (χ0v) is 9.73. The Bertz CT molecular complexity index is 405. The van der Waals surface area contributed by atoms with E-state index in [2.05, 4.69) is 5.32 Å². The average molecular weight is 231 g/mol. The minimum absolute atomic E-state index is 0.539. The summed E-state index contributed by atoms with van der Waals surface area (Å²) < 4.78 is 0. The van der Waals surface area contributed by atoms with Crippen molar-refractivity contribution in [1.29, 1.82) is 0 Å². The molecule has 2 rings (SSSR count). The van der Waals surface area contributed by atoms with E-state index in [9.17, 15) is 9.90 Å². The van der Waals surface area contributed by atoms with E-state index in [-0.39, 0.29) is 0 Å². The normalized spacial score (nSPS) is 24.2. The van der Waals surface area contributed by atoms with Crippen LogP contribution in [0.25, 0.3) is 6.08 Å². The van der Waals surface area contributed by atoms with Crippen LogP contribution < -0.4 is 5.32 Å². The van der Waals surface area contributed by atoms with Crippen molar-refractivity contribution < 1.29 is 9.90 Å². The molecular weight excluding hydrogens is 214 g/mol. The van der Waals surface area contributed by atoms with E-state index in [1.807, 2.05) is 42.5 Å². The molecule has 1 heterocycles. The first kappa shape index (κ1) is 11.9. The maximum Gasteiger partial charge on any atom is 0.324 e. The molecule has 0 aliphatic carbocycles. The molecule has 3 heteroatoms. The van der Waals surface area contributed by atoms with Crippen LogP contribution in [-0.4, -0.2) is 23.2 Å². The van der Waals surface area contributed by atoms with Gasteiger partial charge in [-0.1, -0.05) is 42.5 Å². The zero-order valence-electron chi connectivity index (χ0n) is 9.73. The maximum absolute atomic E-state index is 11.3. The molecule has 2 N–H and O–H groups in total. The van der Waals surface area contributed by atoms with Gasteiger partial charge in [0.2, 0.25) is 0 Å². The fourth-order valence-electron chi connectivity index (χ4n) is 2.21. The molecule has 0 spiro atoms. The van der Waals surface area contributed by atoms with Gasteiger partial charge in [0.15, 0.2) is 0 Å². The van der Waals surface area contributed by atoms with Gasteiger partial charge in [0.05, 0.1) is 0 Å². The van der Waals surface area contributed by atoms with Crippen LogP contribution in [0.15, 0.2) is 36.4 Å². The Labute approximate surface area is 101 Å².